The van der Waals surface area contributed by atoms with E-state index < -0.39 is 5.95 Å². The van der Waals surface area contributed by atoms with Gasteiger partial charge in [-0.25, -0.2) is 4.98 Å². The Bertz CT molecular complexity index is 658. The van der Waals surface area contributed by atoms with Crippen LogP contribution in [0.3, 0.4) is 0 Å². The summed E-state index contributed by atoms with van der Waals surface area (Å²) in [7, 11) is 0. The van der Waals surface area contributed by atoms with Crippen molar-refractivity contribution in [3.05, 3.63) is 52.1 Å². The van der Waals surface area contributed by atoms with E-state index >= 15 is 0 Å². The fraction of sp³-hybridized carbons (Fsp3) is 0.143. The van der Waals surface area contributed by atoms with E-state index in [0.717, 1.165) is 11.8 Å². The van der Waals surface area contributed by atoms with Gasteiger partial charge in [0, 0.05) is 28.2 Å². The Kier molecular flexibility index (Phi) is 4.20. The number of hydrogen-bond donors (Lipinski definition) is 3. The first kappa shape index (κ1) is 14.3. The highest BCUT2D eigenvalue weighted by atomic mass is 35.5. The Balaban J connectivity index is 2.16. The summed E-state index contributed by atoms with van der Waals surface area (Å²) >= 11 is 6.13. The molecule has 0 spiro atoms. The molecule has 0 aliphatic carbocycles. The van der Waals surface area contributed by atoms with E-state index in [-0.39, 0.29) is 5.69 Å². The van der Waals surface area contributed by atoms with E-state index in [2.05, 4.69) is 4.98 Å². The number of aryl methyl sites for hydroxylation is 2. The van der Waals surface area contributed by atoms with Crippen LogP contribution in [-0.2, 0) is 12.8 Å². The smallest absolute Gasteiger partial charge is 0.236 e. The van der Waals surface area contributed by atoms with Gasteiger partial charge in [0.05, 0.1) is 5.69 Å². The highest BCUT2D eigenvalue weighted by Gasteiger charge is 2.07. The molecule has 0 aliphatic heterocycles. The molecule has 0 unspecified atom stereocenters. The first-order valence-corrected chi connectivity index (χ1v) is 6.38. The first-order chi connectivity index (χ1) is 9.51. The average Bonchev–Trinajstić information content (AvgIpc) is 2.43. The Labute approximate surface area is 121 Å². The van der Waals surface area contributed by atoms with Crippen LogP contribution in [0, 0.1) is 11.4 Å². The van der Waals surface area contributed by atoms with Crippen molar-refractivity contribution in [3.63, 3.8) is 0 Å². The maximum Gasteiger partial charge on any atom is 0.236 e. The molecule has 2 rings (SSSR count). The normalized spacial score (nSPS) is 10.5. The zero-order valence-electron chi connectivity index (χ0n) is 10.7. The Morgan fingerprint density at radius 3 is 2.60 bits per heavy atom. The molecule has 1 aromatic carbocycles. The summed E-state index contributed by atoms with van der Waals surface area (Å²) in [4.78, 5) is 3.77. The molecule has 0 fully saturated rings. The summed E-state index contributed by atoms with van der Waals surface area (Å²) in [6, 6.07) is 6.56. The zero-order valence-corrected chi connectivity index (χ0v) is 11.4. The molecule has 5 N–H and O–H groups in total. The second kappa shape index (κ2) is 5.88. The fourth-order valence-electron chi connectivity index (χ4n) is 1.85. The molecule has 6 heteroatoms. The molecule has 0 saturated carbocycles. The van der Waals surface area contributed by atoms with E-state index in [9.17, 15) is 4.39 Å². The maximum absolute atomic E-state index is 13.2. The van der Waals surface area contributed by atoms with Crippen LogP contribution >= 0.6 is 11.6 Å². The van der Waals surface area contributed by atoms with Gasteiger partial charge in [0.25, 0.3) is 0 Å². The largest absolute Gasteiger partial charge is 0.398 e. The highest BCUT2D eigenvalue weighted by molar-refractivity contribution is 6.31. The Hall–Kier alpha value is -2.14. The van der Waals surface area contributed by atoms with E-state index in [0.29, 0.717) is 34.8 Å². The number of anilines is 2. The van der Waals surface area contributed by atoms with Gasteiger partial charge in [-0.3, -0.25) is 0 Å². The van der Waals surface area contributed by atoms with E-state index in [1.807, 2.05) is 0 Å². The quantitative estimate of drug-likeness (QED) is 0.460. The molecular formula is C14H14ClFN4. The maximum atomic E-state index is 13.2. The van der Waals surface area contributed by atoms with E-state index in [4.69, 9.17) is 28.5 Å². The van der Waals surface area contributed by atoms with Crippen LogP contribution in [0.1, 0.15) is 16.8 Å². The van der Waals surface area contributed by atoms with E-state index in [1.54, 1.807) is 18.2 Å². The van der Waals surface area contributed by atoms with Gasteiger partial charge in [-0.2, -0.15) is 4.39 Å². The van der Waals surface area contributed by atoms with Gasteiger partial charge in [0.1, 0.15) is 0 Å². The van der Waals surface area contributed by atoms with Gasteiger partial charge in [-0.05, 0) is 42.7 Å². The van der Waals surface area contributed by atoms with Crippen LogP contribution in [-0.4, -0.2) is 11.2 Å². The van der Waals surface area contributed by atoms with Crippen molar-refractivity contribution in [2.75, 3.05) is 11.5 Å². The third-order valence-electron chi connectivity index (χ3n) is 2.99. The second-order valence-corrected chi connectivity index (χ2v) is 4.81. The van der Waals surface area contributed by atoms with Crippen molar-refractivity contribution in [1.29, 1.82) is 5.41 Å². The van der Waals surface area contributed by atoms with Crippen molar-refractivity contribution >= 4 is 29.2 Å². The summed E-state index contributed by atoms with van der Waals surface area (Å²) in [6.07, 6.45) is 2.26. The van der Waals surface area contributed by atoms with Crippen LogP contribution in [0.5, 0.6) is 0 Å². The van der Waals surface area contributed by atoms with Gasteiger partial charge in [-0.1, -0.05) is 11.6 Å². The monoisotopic (exact) mass is 292 g/mol. The second-order valence-electron chi connectivity index (χ2n) is 4.40. The molecule has 2 aromatic rings. The minimum atomic E-state index is -0.660. The van der Waals surface area contributed by atoms with Crippen LogP contribution in [0.15, 0.2) is 24.3 Å². The van der Waals surface area contributed by atoms with Gasteiger partial charge in [0.15, 0.2) is 0 Å². The third-order valence-corrected chi connectivity index (χ3v) is 3.35. The van der Waals surface area contributed by atoms with Crippen LogP contribution in [0.25, 0.3) is 0 Å². The summed E-state index contributed by atoms with van der Waals surface area (Å²) in [5.74, 6) is -0.660. The van der Waals surface area contributed by atoms with Crippen molar-refractivity contribution < 1.29 is 4.39 Å². The molecule has 0 radical (unpaired) electrons. The summed E-state index contributed by atoms with van der Waals surface area (Å²) in [5.41, 5.74) is 13.7. The number of pyridine rings is 1. The number of rotatable bonds is 4. The minimum absolute atomic E-state index is 0.0337. The van der Waals surface area contributed by atoms with Crippen molar-refractivity contribution in [2.24, 2.45) is 0 Å². The summed E-state index contributed by atoms with van der Waals surface area (Å²) in [5, 5.41) is 7.74. The van der Waals surface area contributed by atoms with Crippen molar-refractivity contribution in [1.82, 2.24) is 4.98 Å². The number of halogens is 2. The van der Waals surface area contributed by atoms with Gasteiger partial charge < -0.3 is 16.9 Å². The van der Waals surface area contributed by atoms with Crippen LogP contribution < -0.4 is 11.5 Å². The van der Waals surface area contributed by atoms with Gasteiger partial charge in [0.2, 0.25) is 5.95 Å². The lowest BCUT2D eigenvalue weighted by Gasteiger charge is -2.08. The molecular weight excluding hydrogens is 279 g/mol. The van der Waals surface area contributed by atoms with Crippen LogP contribution in [0.4, 0.5) is 15.8 Å². The molecule has 0 saturated heterocycles. The zero-order chi connectivity index (χ0) is 14.7. The lowest BCUT2D eigenvalue weighted by atomic mass is 10.0. The molecule has 0 atom stereocenters. The number of nitrogens with zero attached hydrogens (tertiary/aromatic N) is 1. The predicted octanol–water partition coefficient (Wildman–Crippen LogP) is 2.82. The molecule has 0 bridgehead atoms. The number of hydrogen-bond acceptors (Lipinski definition) is 4. The third kappa shape index (κ3) is 3.05. The molecule has 1 aromatic heterocycles. The number of nitrogens with two attached hydrogens (primary N) is 2. The lowest BCUT2D eigenvalue weighted by molar-refractivity contribution is 0.581. The fourth-order valence-corrected chi connectivity index (χ4v) is 2.12. The first-order valence-electron chi connectivity index (χ1n) is 6.00. The van der Waals surface area contributed by atoms with E-state index in [1.165, 1.54) is 6.07 Å². The SMILES string of the molecule is N=Cc1cc(Cl)c(CCc2ccc(N)c(F)n2)cc1N. The van der Waals surface area contributed by atoms with Crippen molar-refractivity contribution in [3.8, 4) is 0 Å². The summed E-state index contributed by atoms with van der Waals surface area (Å²) < 4.78 is 13.2. The lowest BCUT2D eigenvalue weighted by Crippen LogP contribution is -2.02. The summed E-state index contributed by atoms with van der Waals surface area (Å²) in [6.45, 7) is 0. The predicted molar refractivity (Wildman–Crippen MR) is 79.8 cm³/mol. The topological polar surface area (TPSA) is 88.8 Å². The number of nitrogen functional groups attached to an aromatic ring is 2. The standard InChI is InChI=1S/C14H14ClFN4/c15-11-5-9(7-17)13(19)6-8(11)1-2-10-3-4-12(18)14(16)20-10/h3-7,17H,1-2,18-19H2. The number of aromatic nitrogens is 1. The Morgan fingerprint density at radius 1 is 1.20 bits per heavy atom. The average molecular weight is 293 g/mol. The van der Waals surface area contributed by atoms with Crippen LogP contribution in [0.2, 0.25) is 5.02 Å². The van der Waals surface area contributed by atoms with Gasteiger partial charge in [-0.15, -0.1) is 0 Å². The minimum Gasteiger partial charge on any atom is -0.398 e. The molecule has 104 valence electrons. The molecule has 4 nitrogen and oxygen atoms in total. The molecule has 0 amide bonds. The van der Waals surface area contributed by atoms with Gasteiger partial charge >= 0.3 is 0 Å². The molecule has 0 aliphatic rings. The molecule has 1 heterocycles. The Morgan fingerprint density at radius 2 is 1.95 bits per heavy atom. The number of benzene rings is 1. The van der Waals surface area contributed by atoms with Crippen molar-refractivity contribution in [2.45, 2.75) is 12.8 Å². The highest BCUT2D eigenvalue weighted by Crippen LogP contribution is 2.24. The molecule has 20 heavy (non-hydrogen) atoms. The number of nitrogens with one attached hydrogen (secondary N) is 1.